The molecule has 0 amide bonds. The van der Waals surface area contributed by atoms with Crippen molar-refractivity contribution in [2.24, 2.45) is 28.6 Å². The molecule has 0 aromatic carbocycles. The Morgan fingerprint density at radius 2 is 2.00 bits per heavy atom. The van der Waals surface area contributed by atoms with E-state index in [1.54, 1.807) is 0 Å². The van der Waals surface area contributed by atoms with Crippen LogP contribution in [0, 0.1) is 28.6 Å². The van der Waals surface area contributed by atoms with E-state index in [1.807, 2.05) is 0 Å². The van der Waals surface area contributed by atoms with Crippen LogP contribution < -0.4 is 0 Å². The van der Waals surface area contributed by atoms with E-state index in [0.29, 0.717) is 10.8 Å². The summed E-state index contributed by atoms with van der Waals surface area (Å²) in [5.74, 6) is 2.86. The molecule has 2 fully saturated rings. The fraction of sp³-hybridized carbons (Fsp3) is 0.867. The van der Waals surface area contributed by atoms with Crippen molar-refractivity contribution in [3.63, 3.8) is 0 Å². The van der Waals surface area contributed by atoms with Crippen molar-refractivity contribution >= 4 is 0 Å². The van der Waals surface area contributed by atoms with Crippen LogP contribution in [-0.2, 0) is 0 Å². The van der Waals surface area contributed by atoms with Crippen LogP contribution >= 0.6 is 0 Å². The lowest BCUT2D eigenvalue weighted by molar-refractivity contribution is 0.0899. The molecular weight excluding hydrogens is 180 g/mol. The van der Waals surface area contributed by atoms with E-state index in [-0.39, 0.29) is 0 Å². The first-order valence-electron chi connectivity index (χ1n) is 6.71. The number of allylic oxidation sites excluding steroid dienone is 2. The maximum absolute atomic E-state index is 2.56. The molecule has 0 aromatic heterocycles. The molecule has 5 unspecified atom stereocenters. The third kappa shape index (κ3) is 1.33. The van der Waals surface area contributed by atoms with E-state index in [2.05, 4.69) is 32.9 Å². The van der Waals surface area contributed by atoms with Gasteiger partial charge in [-0.25, -0.2) is 0 Å². The van der Waals surface area contributed by atoms with Gasteiger partial charge in [0, 0.05) is 0 Å². The second-order valence-corrected chi connectivity index (χ2v) is 7.10. The third-order valence-corrected chi connectivity index (χ3v) is 5.65. The predicted octanol–water partition coefficient (Wildman–Crippen LogP) is 4.42. The van der Waals surface area contributed by atoms with Gasteiger partial charge in [-0.15, -0.1) is 0 Å². The average molecular weight is 204 g/mol. The third-order valence-electron chi connectivity index (χ3n) is 5.65. The van der Waals surface area contributed by atoms with Crippen molar-refractivity contribution in [1.29, 1.82) is 0 Å². The predicted molar refractivity (Wildman–Crippen MR) is 64.6 cm³/mol. The summed E-state index contributed by atoms with van der Waals surface area (Å²) in [6.07, 6.45) is 12.5. The summed E-state index contributed by atoms with van der Waals surface area (Å²) < 4.78 is 0. The summed E-state index contributed by atoms with van der Waals surface area (Å²) in [5, 5.41) is 0. The molecule has 0 heteroatoms. The van der Waals surface area contributed by atoms with Crippen molar-refractivity contribution in [3.05, 3.63) is 12.2 Å². The quantitative estimate of drug-likeness (QED) is 0.555. The molecule has 2 bridgehead atoms. The first-order chi connectivity index (χ1) is 7.02. The molecule has 2 saturated carbocycles. The zero-order valence-corrected chi connectivity index (χ0v) is 10.4. The minimum Gasteiger partial charge on any atom is -0.0851 e. The highest BCUT2D eigenvalue weighted by Gasteiger charge is 2.55. The summed E-state index contributed by atoms with van der Waals surface area (Å²) in [4.78, 5) is 0. The lowest BCUT2D eigenvalue weighted by Crippen LogP contribution is -2.34. The van der Waals surface area contributed by atoms with Crippen molar-refractivity contribution in [3.8, 4) is 0 Å². The topological polar surface area (TPSA) is 0 Å². The van der Waals surface area contributed by atoms with Gasteiger partial charge in [0.1, 0.15) is 0 Å². The Bertz CT molecular complexity index is 303. The summed E-state index contributed by atoms with van der Waals surface area (Å²) >= 11 is 0. The molecule has 0 heterocycles. The van der Waals surface area contributed by atoms with Crippen molar-refractivity contribution in [2.75, 3.05) is 0 Å². The molecule has 5 atom stereocenters. The lowest BCUT2D eigenvalue weighted by atomic mass is 9.62. The molecule has 0 radical (unpaired) electrons. The molecule has 0 spiro atoms. The van der Waals surface area contributed by atoms with Crippen LogP contribution in [0.1, 0.15) is 52.9 Å². The smallest absolute Gasteiger partial charge is 0.0107 e. The lowest BCUT2D eigenvalue weighted by Gasteiger charge is -2.42. The SMILES string of the molecule is CC1C=CC(C)(C2CC3CCC2(C)C3)C1. The molecule has 0 aliphatic heterocycles. The van der Waals surface area contributed by atoms with Gasteiger partial charge in [0.2, 0.25) is 0 Å². The molecule has 84 valence electrons. The van der Waals surface area contributed by atoms with Gasteiger partial charge in [-0.3, -0.25) is 0 Å². The van der Waals surface area contributed by atoms with Crippen molar-refractivity contribution in [1.82, 2.24) is 0 Å². The molecule has 3 rings (SSSR count). The first kappa shape index (κ1) is 9.93. The second kappa shape index (κ2) is 2.90. The van der Waals surface area contributed by atoms with Gasteiger partial charge < -0.3 is 0 Å². The van der Waals surface area contributed by atoms with Gasteiger partial charge in [-0.2, -0.15) is 0 Å². The Morgan fingerprint density at radius 1 is 1.20 bits per heavy atom. The molecule has 15 heavy (non-hydrogen) atoms. The van der Waals surface area contributed by atoms with Crippen LogP contribution in [0.4, 0.5) is 0 Å². The van der Waals surface area contributed by atoms with Gasteiger partial charge in [0.05, 0.1) is 0 Å². The standard InChI is InChI=1S/C15H24/c1-11-4-6-14(2,9-11)13-8-12-5-7-15(13,3)10-12/h4,6,11-13H,5,7-10H2,1-3H3. The minimum atomic E-state index is 0.531. The Morgan fingerprint density at radius 3 is 2.47 bits per heavy atom. The Labute approximate surface area is 94.1 Å². The molecule has 0 saturated heterocycles. The largest absolute Gasteiger partial charge is 0.0851 e. The van der Waals surface area contributed by atoms with E-state index in [1.165, 1.54) is 32.1 Å². The average Bonchev–Trinajstić information content (AvgIpc) is 2.78. The zero-order chi connectivity index (χ0) is 10.7. The minimum absolute atomic E-state index is 0.531. The monoisotopic (exact) mass is 204 g/mol. The van der Waals surface area contributed by atoms with Crippen LogP contribution in [0.5, 0.6) is 0 Å². The molecule has 3 aliphatic carbocycles. The maximum Gasteiger partial charge on any atom is -0.0107 e. The molecular formula is C15H24. The second-order valence-electron chi connectivity index (χ2n) is 7.10. The number of hydrogen-bond acceptors (Lipinski definition) is 0. The molecule has 0 nitrogen and oxygen atoms in total. The normalized spacial score (nSPS) is 57.9. The number of hydrogen-bond donors (Lipinski definition) is 0. The van der Waals surface area contributed by atoms with Gasteiger partial charge in [-0.05, 0) is 60.7 Å². The van der Waals surface area contributed by atoms with Gasteiger partial charge in [0.15, 0.2) is 0 Å². The van der Waals surface area contributed by atoms with Gasteiger partial charge in [0.25, 0.3) is 0 Å². The molecule has 0 N–H and O–H groups in total. The summed E-state index contributed by atoms with van der Waals surface area (Å²) in [6, 6.07) is 0. The van der Waals surface area contributed by atoms with E-state index in [4.69, 9.17) is 0 Å². The van der Waals surface area contributed by atoms with Crippen LogP contribution in [0.25, 0.3) is 0 Å². The van der Waals surface area contributed by atoms with Gasteiger partial charge in [-0.1, -0.05) is 32.9 Å². The highest BCUT2D eigenvalue weighted by molar-refractivity contribution is 5.16. The summed E-state index contributed by atoms with van der Waals surface area (Å²) in [7, 11) is 0. The van der Waals surface area contributed by atoms with Gasteiger partial charge >= 0.3 is 0 Å². The number of rotatable bonds is 1. The van der Waals surface area contributed by atoms with Crippen molar-refractivity contribution in [2.45, 2.75) is 52.9 Å². The maximum atomic E-state index is 2.56. The highest BCUT2D eigenvalue weighted by Crippen LogP contribution is 2.64. The van der Waals surface area contributed by atoms with Crippen LogP contribution in [0.15, 0.2) is 12.2 Å². The molecule has 0 aromatic rings. The van der Waals surface area contributed by atoms with E-state index < -0.39 is 0 Å². The van der Waals surface area contributed by atoms with Crippen LogP contribution in [0.2, 0.25) is 0 Å². The van der Waals surface area contributed by atoms with E-state index in [9.17, 15) is 0 Å². The fourth-order valence-corrected chi connectivity index (χ4v) is 5.07. The van der Waals surface area contributed by atoms with Crippen molar-refractivity contribution < 1.29 is 0 Å². The highest BCUT2D eigenvalue weighted by atomic mass is 14.6. The zero-order valence-electron chi connectivity index (χ0n) is 10.4. The Hall–Kier alpha value is -0.260. The number of fused-ring (bicyclic) bond motifs is 2. The first-order valence-corrected chi connectivity index (χ1v) is 6.71. The molecule has 3 aliphatic rings. The fourth-order valence-electron chi connectivity index (χ4n) is 5.07. The summed E-state index contributed by atoms with van der Waals surface area (Å²) in [6.45, 7) is 7.45. The van der Waals surface area contributed by atoms with Crippen LogP contribution in [-0.4, -0.2) is 0 Å². The summed E-state index contributed by atoms with van der Waals surface area (Å²) in [5.41, 5.74) is 1.22. The van der Waals surface area contributed by atoms with E-state index in [0.717, 1.165) is 17.8 Å². The van der Waals surface area contributed by atoms with Crippen LogP contribution in [0.3, 0.4) is 0 Å². The van der Waals surface area contributed by atoms with E-state index >= 15 is 0 Å². The Balaban J connectivity index is 1.87. The Kier molecular flexibility index (Phi) is 1.92.